The lowest BCUT2D eigenvalue weighted by atomic mass is 10.1. The van der Waals surface area contributed by atoms with Gasteiger partial charge in [0.15, 0.2) is 0 Å². The van der Waals surface area contributed by atoms with Crippen LogP contribution in [0.5, 0.6) is 0 Å². The fraction of sp³-hybridized carbons (Fsp3) is 0.333. The van der Waals surface area contributed by atoms with Gasteiger partial charge in [-0.25, -0.2) is 9.18 Å². The molecule has 18 heavy (non-hydrogen) atoms. The van der Waals surface area contributed by atoms with Crippen molar-refractivity contribution in [3.63, 3.8) is 0 Å². The fourth-order valence-corrected chi connectivity index (χ4v) is 1.23. The Hall–Kier alpha value is -1.95. The summed E-state index contributed by atoms with van der Waals surface area (Å²) in [6, 6.07) is 3.60. The number of ether oxygens (including phenoxy) is 1. The summed E-state index contributed by atoms with van der Waals surface area (Å²) in [6.45, 7) is 1.78. The largest absolute Gasteiger partial charge is 0.465 e. The van der Waals surface area contributed by atoms with Crippen molar-refractivity contribution in [1.29, 1.82) is 0 Å². The van der Waals surface area contributed by atoms with E-state index in [0.29, 0.717) is 0 Å². The molecule has 0 spiro atoms. The van der Waals surface area contributed by atoms with E-state index in [1.54, 1.807) is 6.92 Å². The van der Waals surface area contributed by atoms with Crippen molar-refractivity contribution in [2.75, 3.05) is 19.0 Å². The molecule has 1 rings (SSSR count). The van der Waals surface area contributed by atoms with Crippen LogP contribution in [0.4, 0.5) is 10.1 Å². The van der Waals surface area contributed by atoms with E-state index < -0.39 is 23.6 Å². The molecule has 0 saturated heterocycles. The average Bonchev–Trinajstić information content (AvgIpc) is 2.39. The molecule has 0 heterocycles. The highest BCUT2D eigenvalue weighted by molar-refractivity contribution is 5.95. The van der Waals surface area contributed by atoms with Crippen LogP contribution in [0.15, 0.2) is 18.2 Å². The highest BCUT2D eigenvalue weighted by atomic mass is 19.1. The minimum atomic E-state index is -0.625. The lowest BCUT2D eigenvalue weighted by Gasteiger charge is -2.11. The van der Waals surface area contributed by atoms with Crippen LogP contribution in [0, 0.1) is 11.7 Å². The first-order valence-electron chi connectivity index (χ1n) is 5.38. The number of halogens is 1. The molecule has 0 aliphatic heterocycles. The molecule has 1 amide bonds. The van der Waals surface area contributed by atoms with Gasteiger partial charge < -0.3 is 15.8 Å². The molecule has 1 atom stereocenters. The van der Waals surface area contributed by atoms with Crippen LogP contribution in [0.25, 0.3) is 0 Å². The maximum absolute atomic E-state index is 13.5. The Labute approximate surface area is 104 Å². The second-order valence-electron chi connectivity index (χ2n) is 3.81. The predicted octanol–water partition coefficient (Wildman–Crippen LogP) is 1.15. The highest BCUT2D eigenvalue weighted by Gasteiger charge is 2.15. The third-order valence-corrected chi connectivity index (χ3v) is 2.45. The minimum absolute atomic E-state index is 0.0665. The van der Waals surface area contributed by atoms with Crippen molar-refractivity contribution >= 4 is 17.6 Å². The number of carbonyl (C=O) groups excluding carboxylic acids is 2. The van der Waals surface area contributed by atoms with E-state index in [1.165, 1.54) is 19.2 Å². The number of nitrogens with one attached hydrogen (secondary N) is 1. The van der Waals surface area contributed by atoms with E-state index in [1.807, 2.05) is 0 Å². The van der Waals surface area contributed by atoms with Gasteiger partial charge in [-0.3, -0.25) is 4.79 Å². The molecular weight excluding hydrogens is 239 g/mol. The zero-order chi connectivity index (χ0) is 13.7. The van der Waals surface area contributed by atoms with E-state index in [2.05, 4.69) is 10.1 Å². The lowest BCUT2D eigenvalue weighted by molar-refractivity contribution is -0.119. The van der Waals surface area contributed by atoms with Crippen LogP contribution in [-0.2, 0) is 9.53 Å². The van der Waals surface area contributed by atoms with Gasteiger partial charge >= 0.3 is 5.97 Å². The smallest absolute Gasteiger partial charge is 0.337 e. The quantitative estimate of drug-likeness (QED) is 0.789. The lowest BCUT2D eigenvalue weighted by Crippen LogP contribution is -2.27. The molecule has 0 aliphatic rings. The van der Waals surface area contributed by atoms with Gasteiger partial charge in [-0.1, -0.05) is 6.92 Å². The Morgan fingerprint density at radius 1 is 1.50 bits per heavy atom. The summed E-state index contributed by atoms with van der Waals surface area (Å²) >= 11 is 0. The maximum Gasteiger partial charge on any atom is 0.337 e. The highest BCUT2D eigenvalue weighted by Crippen LogP contribution is 2.17. The number of benzene rings is 1. The van der Waals surface area contributed by atoms with Crippen molar-refractivity contribution < 1.29 is 18.7 Å². The Kier molecular flexibility index (Phi) is 4.79. The van der Waals surface area contributed by atoms with Crippen molar-refractivity contribution in [3.05, 3.63) is 29.6 Å². The molecule has 0 radical (unpaired) electrons. The molecule has 1 aromatic rings. The van der Waals surface area contributed by atoms with Gasteiger partial charge in [0, 0.05) is 12.5 Å². The van der Waals surface area contributed by atoms with Gasteiger partial charge in [-0.15, -0.1) is 0 Å². The minimum Gasteiger partial charge on any atom is -0.465 e. The van der Waals surface area contributed by atoms with Crippen molar-refractivity contribution in [1.82, 2.24) is 0 Å². The van der Waals surface area contributed by atoms with Crippen molar-refractivity contribution in [3.8, 4) is 0 Å². The summed E-state index contributed by atoms with van der Waals surface area (Å²) in [5.41, 5.74) is 5.43. The topological polar surface area (TPSA) is 81.4 Å². The van der Waals surface area contributed by atoms with Crippen LogP contribution in [-0.4, -0.2) is 25.5 Å². The van der Waals surface area contributed by atoms with E-state index in [0.717, 1.165) is 6.07 Å². The molecule has 1 unspecified atom stereocenters. The van der Waals surface area contributed by atoms with E-state index >= 15 is 0 Å². The summed E-state index contributed by atoms with van der Waals surface area (Å²) in [5.74, 6) is -2.07. The number of anilines is 1. The Morgan fingerprint density at radius 3 is 2.72 bits per heavy atom. The second-order valence-corrected chi connectivity index (χ2v) is 3.81. The second kappa shape index (κ2) is 6.11. The number of methoxy groups -OCH3 is 1. The summed E-state index contributed by atoms with van der Waals surface area (Å²) in [6.07, 6.45) is 0. The Morgan fingerprint density at radius 2 is 2.17 bits per heavy atom. The average molecular weight is 254 g/mol. The zero-order valence-electron chi connectivity index (χ0n) is 10.2. The third kappa shape index (κ3) is 3.27. The molecule has 5 nitrogen and oxygen atoms in total. The molecular formula is C12H15FN2O3. The summed E-state index contributed by atoms with van der Waals surface area (Å²) in [7, 11) is 1.22. The van der Waals surface area contributed by atoms with Gasteiger partial charge in [0.1, 0.15) is 5.82 Å². The standard InChI is InChI=1S/C12H15FN2O3/c1-7(6-14)11(16)15-10-5-8(12(17)18-2)3-4-9(10)13/h3-5,7H,6,14H2,1-2H3,(H,15,16). The Balaban J connectivity index is 2.94. The number of hydrogen-bond acceptors (Lipinski definition) is 4. The van der Waals surface area contributed by atoms with Crippen molar-refractivity contribution in [2.45, 2.75) is 6.92 Å². The van der Waals surface area contributed by atoms with Gasteiger partial charge in [0.05, 0.1) is 18.4 Å². The normalized spacial score (nSPS) is 11.8. The molecule has 0 aliphatic carbocycles. The molecule has 0 bridgehead atoms. The molecule has 3 N–H and O–H groups in total. The number of amides is 1. The van der Waals surface area contributed by atoms with Crippen LogP contribution < -0.4 is 11.1 Å². The number of carbonyl (C=O) groups is 2. The molecule has 98 valence electrons. The van der Waals surface area contributed by atoms with Gasteiger partial charge in [-0.05, 0) is 18.2 Å². The number of rotatable bonds is 4. The molecule has 0 saturated carbocycles. The SMILES string of the molecule is COC(=O)c1ccc(F)c(NC(=O)C(C)CN)c1. The zero-order valence-corrected chi connectivity index (χ0v) is 10.2. The first-order valence-corrected chi connectivity index (χ1v) is 5.38. The van der Waals surface area contributed by atoms with Gasteiger partial charge in [-0.2, -0.15) is 0 Å². The monoisotopic (exact) mass is 254 g/mol. The van der Waals surface area contributed by atoms with Gasteiger partial charge in [0.2, 0.25) is 5.91 Å². The van der Waals surface area contributed by atoms with Crippen LogP contribution >= 0.6 is 0 Å². The van der Waals surface area contributed by atoms with E-state index in [4.69, 9.17) is 5.73 Å². The number of hydrogen-bond donors (Lipinski definition) is 2. The van der Waals surface area contributed by atoms with E-state index in [-0.39, 0.29) is 17.8 Å². The fourth-order valence-electron chi connectivity index (χ4n) is 1.23. The van der Waals surface area contributed by atoms with E-state index in [9.17, 15) is 14.0 Å². The van der Waals surface area contributed by atoms with Gasteiger partial charge in [0.25, 0.3) is 0 Å². The number of esters is 1. The first kappa shape index (κ1) is 14.1. The molecule has 6 heteroatoms. The van der Waals surface area contributed by atoms with Crippen LogP contribution in [0.2, 0.25) is 0 Å². The predicted molar refractivity (Wildman–Crippen MR) is 64.6 cm³/mol. The molecule has 0 aromatic heterocycles. The van der Waals surface area contributed by atoms with Crippen LogP contribution in [0.3, 0.4) is 0 Å². The first-order chi connectivity index (χ1) is 8.49. The molecule has 0 fully saturated rings. The summed E-state index contributed by atoms with van der Waals surface area (Å²) in [5, 5.41) is 2.38. The number of nitrogens with two attached hydrogens (primary N) is 1. The summed E-state index contributed by atoms with van der Waals surface area (Å²) in [4.78, 5) is 22.8. The van der Waals surface area contributed by atoms with Crippen LogP contribution in [0.1, 0.15) is 17.3 Å². The molecule has 1 aromatic carbocycles. The van der Waals surface area contributed by atoms with Crippen molar-refractivity contribution in [2.24, 2.45) is 11.7 Å². The third-order valence-electron chi connectivity index (χ3n) is 2.45. The summed E-state index contributed by atoms with van der Waals surface area (Å²) < 4.78 is 18.0. The maximum atomic E-state index is 13.5. The Bertz CT molecular complexity index is 463.